The van der Waals surface area contributed by atoms with Crippen LogP contribution in [0.2, 0.25) is 0 Å². The summed E-state index contributed by atoms with van der Waals surface area (Å²) in [5, 5.41) is 6.06. The van der Waals surface area contributed by atoms with E-state index in [4.69, 9.17) is 4.74 Å². The molecule has 2 heterocycles. The molecule has 1 aliphatic heterocycles. The summed E-state index contributed by atoms with van der Waals surface area (Å²) in [6.07, 6.45) is 1.55. The van der Waals surface area contributed by atoms with E-state index in [-0.39, 0.29) is 11.7 Å². The van der Waals surface area contributed by atoms with Gasteiger partial charge in [-0.2, -0.15) is 0 Å². The number of morpholine rings is 1. The molecule has 1 aliphatic rings. The fraction of sp³-hybridized carbons (Fsp3) is 0.368. The lowest BCUT2D eigenvalue weighted by atomic mass is 10.2. The van der Waals surface area contributed by atoms with Crippen molar-refractivity contribution in [2.45, 2.75) is 6.54 Å². The third-order valence-electron chi connectivity index (χ3n) is 4.23. The maximum absolute atomic E-state index is 12.9. The summed E-state index contributed by atoms with van der Waals surface area (Å²) in [4.78, 5) is 18.8. The van der Waals surface area contributed by atoms with Gasteiger partial charge < -0.3 is 15.4 Å². The number of anilines is 1. The van der Waals surface area contributed by atoms with E-state index in [1.807, 2.05) is 0 Å². The third kappa shape index (κ3) is 5.50. The Labute approximate surface area is 152 Å². The molecular formula is C19H23FN4O2. The molecule has 1 fully saturated rings. The Kier molecular flexibility index (Phi) is 6.51. The van der Waals surface area contributed by atoms with Crippen LogP contribution in [0.15, 0.2) is 42.6 Å². The van der Waals surface area contributed by atoms with Crippen molar-refractivity contribution < 1.29 is 13.9 Å². The van der Waals surface area contributed by atoms with E-state index in [9.17, 15) is 9.18 Å². The van der Waals surface area contributed by atoms with Crippen LogP contribution in [0.3, 0.4) is 0 Å². The molecule has 0 spiro atoms. The van der Waals surface area contributed by atoms with Crippen molar-refractivity contribution in [1.82, 2.24) is 15.2 Å². The maximum atomic E-state index is 12.9. The van der Waals surface area contributed by atoms with Crippen LogP contribution in [0.4, 0.5) is 10.2 Å². The molecule has 2 aromatic rings. The van der Waals surface area contributed by atoms with Crippen molar-refractivity contribution in [2.75, 3.05) is 44.7 Å². The number of benzene rings is 1. The maximum Gasteiger partial charge on any atom is 0.253 e. The summed E-state index contributed by atoms with van der Waals surface area (Å²) in [6, 6.07) is 9.59. The second-order valence-corrected chi connectivity index (χ2v) is 6.12. The van der Waals surface area contributed by atoms with Crippen molar-refractivity contribution in [3.8, 4) is 0 Å². The van der Waals surface area contributed by atoms with E-state index in [2.05, 4.69) is 20.5 Å². The van der Waals surface area contributed by atoms with E-state index in [1.165, 1.54) is 12.1 Å². The number of pyridine rings is 1. The Morgan fingerprint density at radius 1 is 1.15 bits per heavy atom. The van der Waals surface area contributed by atoms with Crippen molar-refractivity contribution in [2.24, 2.45) is 0 Å². The molecule has 1 aromatic heterocycles. The quantitative estimate of drug-likeness (QED) is 0.791. The highest BCUT2D eigenvalue weighted by Gasteiger charge is 2.10. The molecule has 0 unspecified atom stereocenters. The molecule has 1 saturated heterocycles. The standard InChI is InChI=1S/C19H23FN4O2/c20-17-4-1-15(2-5-17)13-23-19(25)16-3-6-18(22-14-16)21-7-8-24-9-11-26-12-10-24/h1-6,14H,7-13H2,(H,21,22)(H,23,25). The molecule has 0 bridgehead atoms. The van der Waals surface area contributed by atoms with Crippen LogP contribution in [0.25, 0.3) is 0 Å². The smallest absolute Gasteiger partial charge is 0.253 e. The number of hydrogen-bond acceptors (Lipinski definition) is 5. The first-order valence-corrected chi connectivity index (χ1v) is 8.73. The first kappa shape index (κ1) is 18.3. The molecule has 0 atom stereocenters. The summed E-state index contributed by atoms with van der Waals surface area (Å²) in [6.45, 7) is 5.58. The van der Waals surface area contributed by atoms with Gasteiger partial charge in [-0.1, -0.05) is 12.1 Å². The van der Waals surface area contributed by atoms with Crippen molar-refractivity contribution in [1.29, 1.82) is 0 Å². The van der Waals surface area contributed by atoms with Crippen LogP contribution in [-0.4, -0.2) is 55.2 Å². The second-order valence-electron chi connectivity index (χ2n) is 6.12. The SMILES string of the molecule is O=C(NCc1ccc(F)cc1)c1ccc(NCCN2CCOCC2)nc1. The van der Waals surface area contributed by atoms with E-state index in [1.54, 1.807) is 30.5 Å². The van der Waals surface area contributed by atoms with Crippen molar-refractivity contribution in [3.63, 3.8) is 0 Å². The monoisotopic (exact) mass is 358 g/mol. The van der Waals surface area contributed by atoms with Gasteiger partial charge in [0.1, 0.15) is 11.6 Å². The number of amides is 1. The second kappa shape index (κ2) is 9.26. The van der Waals surface area contributed by atoms with Crippen LogP contribution in [-0.2, 0) is 11.3 Å². The average molecular weight is 358 g/mol. The van der Waals surface area contributed by atoms with Crippen molar-refractivity contribution >= 4 is 11.7 Å². The molecule has 0 saturated carbocycles. The summed E-state index contributed by atoms with van der Waals surface area (Å²) in [7, 11) is 0. The van der Waals surface area contributed by atoms with Gasteiger partial charge in [-0.15, -0.1) is 0 Å². The molecule has 26 heavy (non-hydrogen) atoms. The van der Waals surface area contributed by atoms with E-state index in [0.717, 1.165) is 50.8 Å². The topological polar surface area (TPSA) is 66.5 Å². The number of rotatable bonds is 7. The van der Waals surface area contributed by atoms with Gasteiger partial charge in [0.15, 0.2) is 0 Å². The molecule has 3 rings (SSSR count). The molecule has 7 heteroatoms. The van der Waals surface area contributed by atoms with Gasteiger partial charge in [0.05, 0.1) is 18.8 Å². The number of carbonyl (C=O) groups is 1. The Hall–Kier alpha value is -2.51. The van der Waals surface area contributed by atoms with Crippen LogP contribution in [0, 0.1) is 5.82 Å². The molecule has 6 nitrogen and oxygen atoms in total. The normalized spacial score (nSPS) is 14.8. The number of nitrogens with zero attached hydrogens (tertiary/aromatic N) is 2. The number of carbonyl (C=O) groups excluding carboxylic acids is 1. The Morgan fingerprint density at radius 3 is 2.62 bits per heavy atom. The van der Waals surface area contributed by atoms with Gasteiger partial charge in [-0.3, -0.25) is 9.69 Å². The number of aromatic nitrogens is 1. The summed E-state index contributed by atoms with van der Waals surface area (Å²) in [5.41, 5.74) is 1.33. The predicted molar refractivity (Wildman–Crippen MR) is 97.6 cm³/mol. The van der Waals surface area contributed by atoms with Gasteiger partial charge in [-0.25, -0.2) is 9.37 Å². The number of hydrogen-bond donors (Lipinski definition) is 2. The summed E-state index contributed by atoms with van der Waals surface area (Å²) < 4.78 is 18.2. The fourth-order valence-electron chi connectivity index (χ4n) is 2.69. The van der Waals surface area contributed by atoms with Gasteiger partial charge in [0, 0.05) is 38.9 Å². The molecule has 138 valence electrons. The molecule has 1 amide bonds. The Morgan fingerprint density at radius 2 is 1.92 bits per heavy atom. The summed E-state index contributed by atoms with van der Waals surface area (Å²) >= 11 is 0. The lowest BCUT2D eigenvalue weighted by Crippen LogP contribution is -2.39. The molecule has 2 N–H and O–H groups in total. The Bertz CT molecular complexity index is 700. The van der Waals surface area contributed by atoms with Gasteiger partial charge in [0.25, 0.3) is 5.91 Å². The van der Waals surface area contributed by atoms with Gasteiger partial charge >= 0.3 is 0 Å². The summed E-state index contributed by atoms with van der Waals surface area (Å²) in [5.74, 6) is 0.246. The van der Waals surface area contributed by atoms with Crippen LogP contribution >= 0.6 is 0 Å². The highest BCUT2D eigenvalue weighted by Crippen LogP contribution is 2.07. The lowest BCUT2D eigenvalue weighted by Gasteiger charge is -2.26. The molecule has 1 aromatic carbocycles. The first-order chi connectivity index (χ1) is 12.7. The van der Waals surface area contributed by atoms with E-state index < -0.39 is 0 Å². The van der Waals surface area contributed by atoms with E-state index in [0.29, 0.717) is 12.1 Å². The molecular weight excluding hydrogens is 335 g/mol. The van der Waals surface area contributed by atoms with E-state index >= 15 is 0 Å². The molecule has 0 aliphatic carbocycles. The zero-order chi connectivity index (χ0) is 18.2. The number of ether oxygens (including phenoxy) is 1. The Balaban J connectivity index is 1.42. The minimum Gasteiger partial charge on any atom is -0.379 e. The minimum absolute atomic E-state index is 0.207. The van der Waals surface area contributed by atoms with Gasteiger partial charge in [0.2, 0.25) is 0 Å². The highest BCUT2D eigenvalue weighted by atomic mass is 19.1. The largest absolute Gasteiger partial charge is 0.379 e. The highest BCUT2D eigenvalue weighted by molar-refractivity contribution is 5.93. The minimum atomic E-state index is -0.291. The van der Waals surface area contributed by atoms with Crippen LogP contribution in [0.5, 0.6) is 0 Å². The first-order valence-electron chi connectivity index (χ1n) is 8.73. The van der Waals surface area contributed by atoms with Gasteiger partial charge in [-0.05, 0) is 29.8 Å². The lowest BCUT2D eigenvalue weighted by molar-refractivity contribution is 0.0398. The third-order valence-corrected chi connectivity index (χ3v) is 4.23. The fourth-order valence-corrected chi connectivity index (χ4v) is 2.69. The van der Waals surface area contributed by atoms with Crippen LogP contribution in [0.1, 0.15) is 15.9 Å². The molecule has 0 radical (unpaired) electrons. The number of halogens is 1. The number of nitrogens with one attached hydrogen (secondary N) is 2. The van der Waals surface area contributed by atoms with Crippen molar-refractivity contribution in [3.05, 3.63) is 59.5 Å². The predicted octanol–water partition coefficient (Wildman–Crippen LogP) is 1.89. The average Bonchev–Trinajstić information content (AvgIpc) is 2.69. The van der Waals surface area contributed by atoms with Crippen LogP contribution < -0.4 is 10.6 Å². The zero-order valence-electron chi connectivity index (χ0n) is 14.6. The zero-order valence-corrected chi connectivity index (χ0v) is 14.6.